The molecule has 1 N–H and O–H groups in total. The van der Waals surface area contributed by atoms with Crippen LogP contribution >= 0.6 is 11.8 Å². The molecule has 1 aromatic carbocycles. The first-order valence-electron chi connectivity index (χ1n) is 4.51. The number of thioether (sulfide) groups is 1. The molecule has 0 radical (unpaired) electrons. The van der Waals surface area contributed by atoms with Gasteiger partial charge in [0.05, 0.1) is 17.2 Å². The van der Waals surface area contributed by atoms with Crippen molar-refractivity contribution in [2.75, 3.05) is 5.75 Å². The second-order valence-electron chi connectivity index (χ2n) is 3.02. The van der Waals surface area contributed by atoms with E-state index < -0.39 is 5.97 Å². The summed E-state index contributed by atoms with van der Waals surface area (Å²) in [4.78, 5) is 11.7. The van der Waals surface area contributed by atoms with E-state index in [2.05, 4.69) is 0 Å². The van der Waals surface area contributed by atoms with E-state index in [1.54, 1.807) is 6.07 Å². The third-order valence-electron chi connectivity index (χ3n) is 1.92. The SMILES string of the molecule is CCSc1c(C)cc(C#N)cc1C(=O)O. The van der Waals surface area contributed by atoms with Gasteiger partial charge in [0.1, 0.15) is 0 Å². The molecule has 1 aromatic rings. The van der Waals surface area contributed by atoms with Gasteiger partial charge in [-0.15, -0.1) is 11.8 Å². The first-order valence-corrected chi connectivity index (χ1v) is 5.49. The van der Waals surface area contributed by atoms with E-state index in [9.17, 15) is 4.79 Å². The number of nitriles is 1. The zero-order valence-corrected chi connectivity index (χ0v) is 9.39. The van der Waals surface area contributed by atoms with Crippen molar-refractivity contribution in [1.29, 1.82) is 5.26 Å². The molecule has 0 bridgehead atoms. The number of hydrogen-bond donors (Lipinski definition) is 1. The van der Waals surface area contributed by atoms with Crippen LogP contribution in [0.3, 0.4) is 0 Å². The number of carboxylic acids is 1. The number of benzene rings is 1. The lowest BCUT2D eigenvalue weighted by molar-refractivity contribution is 0.0693. The number of nitrogens with zero attached hydrogens (tertiary/aromatic N) is 1. The topological polar surface area (TPSA) is 61.1 Å². The molecule has 0 amide bonds. The number of aromatic carboxylic acids is 1. The molecule has 0 atom stereocenters. The Kier molecular flexibility index (Phi) is 3.75. The summed E-state index contributed by atoms with van der Waals surface area (Å²) in [7, 11) is 0. The van der Waals surface area contributed by atoms with E-state index in [1.807, 2.05) is 19.9 Å². The minimum atomic E-state index is -0.980. The van der Waals surface area contributed by atoms with Gasteiger partial charge in [-0.25, -0.2) is 4.79 Å². The Hall–Kier alpha value is -1.47. The van der Waals surface area contributed by atoms with E-state index in [1.165, 1.54) is 17.8 Å². The molecule has 0 unspecified atom stereocenters. The number of carboxylic acid groups (broad SMARTS) is 1. The molecule has 0 aromatic heterocycles. The van der Waals surface area contributed by atoms with Gasteiger partial charge in [-0.05, 0) is 30.4 Å². The van der Waals surface area contributed by atoms with Gasteiger partial charge in [0, 0.05) is 4.90 Å². The maximum Gasteiger partial charge on any atom is 0.336 e. The maximum absolute atomic E-state index is 11.0. The van der Waals surface area contributed by atoms with Crippen molar-refractivity contribution in [3.8, 4) is 6.07 Å². The van der Waals surface area contributed by atoms with Crippen molar-refractivity contribution in [2.45, 2.75) is 18.7 Å². The molecule has 4 heteroatoms. The van der Waals surface area contributed by atoms with Gasteiger partial charge in [0.25, 0.3) is 0 Å². The fourth-order valence-corrected chi connectivity index (χ4v) is 2.21. The largest absolute Gasteiger partial charge is 0.478 e. The Labute approximate surface area is 92.7 Å². The Morgan fingerprint density at radius 1 is 1.60 bits per heavy atom. The number of aryl methyl sites for hydroxylation is 1. The van der Waals surface area contributed by atoms with Crippen LogP contribution in [0.1, 0.15) is 28.4 Å². The van der Waals surface area contributed by atoms with Gasteiger partial charge in [-0.1, -0.05) is 6.92 Å². The van der Waals surface area contributed by atoms with Crippen molar-refractivity contribution in [3.63, 3.8) is 0 Å². The van der Waals surface area contributed by atoms with Crippen LogP contribution in [0.4, 0.5) is 0 Å². The zero-order valence-electron chi connectivity index (χ0n) is 8.57. The smallest absolute Gasteiger partial charge is 0.336 e. The highest BCUT2D eigenvalue weighted by Gasteiger charge is 2.13. The molecule has 0 fully saturated rings. The van der Waals surface area contributed by atoms with Gasteiger partial charge in [0.2, 0.25) is 0 Å². The minimum absolute atomic E-state index is 0.221. The molecule has 78 valence electrons. The molecule has 15 heavy (non-hydrogen) atoms. The molecule has 0 heterocycles. The molecular weight excluding hydrogens is 210 g/mol. The van der Waals surface area contributed by atoms with Crippen LogP contribution in [-0.4, -0.2) is 16.8 Å². The molecule has 0 saturated carbocycles. The van der Waals surface area contributed by atoms with Crippen LogP contribution in [0.15, 0.2) is 17.0 Å². The predicted octanol–water partition coefficient (Wildman–Crippen LogP) is 2.68. The number of hydrogen-bond acceptors (Lipinski definition) is 3. The van der Waals surface area contributed by atoms with E-state index in [-0.39, 0.29) is 5.56 Å². The van der Waals surface area contributed by atoms with E-state index in [4.69, 9.17) is 10.4 Å². The molecule has 0 saturated heterocycles. The lowest BCUT2D eigenvalue weighted by atomic mass is 10.1. The second kappa shape index (κ2) is 4.85. The molecule has 3 nitrogen and oxygen atoms in total. The third kappa shape index (κ3) is 2.51. The normalized spacial score (nSPS) is 9.67. The quantitative estimate of drug-likeness (QED) is 0.797. The van der Waals surface area contributed by atoms with Crippen molar-refractivity contribution in [2.24, 2.45) is 0 Å². The summed E-state index contributed by atoms with van der Waals surface area (Å²) in [6.07, 6.45) is 0. The van der Waals surface area contributed by atoms with Crippen LogP contribution in [0.2, 0.25) is 0 Å². The molecule has 0 aliphatic heterocycles. The summed E-state index contributed by atoms with van der Waals surface area (Å²) in [6, 6.07) is 5.10. The lowest BCUT2D eigenvalue weighted by Crippen LogP contribution is -2.01. The monoisotopic (exact) mass is 221 g/mol. The highest BCUT2D eigenvalue weighted by Crippen LogP contribution is 2.27. The van der Waals surface area contributed by atoms with Gasteiger partial charge in [-0.3, -0.25) is 0 Å². The Balaban J connectivity index is 3.37. The summed E-state index contributed by atoms with van der Waals surface area (Å²) in [5.41, 5.74) is 1.46. The highest BCUT2D eigenvalue weighted by atomic mass is 32.2. The summed E-state index contributed by atoms with van der Waals surface area (Å²) >= 11 is 1.49. The predicted molar refractivity (Wildman–Crippen MR) is 59.3 cm³/mol. The fraction of sp³-hybridized carbons (Fsp3) is 0.273. The van der Waals surface area contributed by atoms with Gasteiger partial charge >= 0.3 is 5.97 Å². The second-order valence-corrected chi connectivity index (χ2v) is 4.29. The van der Waals surface area contributed by atoms with Crippen molar-refractivity contribution in [1.82, 2.24) is 0 Å². The average molecular weight is 221 g/mol. The standard InChI is InChI=1S/C11H11NO2S/c1-3-15-10-7(2)4-8(6-12)5-9(10)11(13)14/h4-5H,3H2,1-2H3,(H,13,14). The van der Waals surface area contributed by atoms with Gasteiger partial charge in [-0.2, -0.15) is 5.26 Å². The first kappa shape index (κ1) is 11.6. The van der Waals surface area contributed by atoms with Crippen LogP contribution in [0, 0.1) is 18.3 Å². The first-order chi connectivity index (χ1) is 7.10. The molecule has 0 aliphatic rings. The Morgan fingerprint density at radius 2 is 2.27 bits per heavy atom. The van der Waals surface area contributed by atoms with Crippen LogP contribution in [0.5, 0.6) is 0 Å². The molecule has 0 spiro atoms. The summed E-state index contributed by atoms with van der Waals surface area (Å²) in [5, 5.41) is 17.8. The van der Waals surface area contributed by atoms with Crippen molar-refractivity contribution >= 4 is 17.7 Å². The zero-order chi connectivity index (χ0) is 11.4. The number of rotatable bonds is 3. The van der Waals surface area contributed by atoms with E-state index in [0.29, 0.717) is 5.56 Å². The minimum Gasteiger partial charge on any atom is -0.478 e. The van der Waals surface area contributed by atoms with Crippen molar-refractivity contribution < 1.29 is 9.90 Å². The van der Waals surface area contributed by atoms with Crippen LogP contribution < -0.4 is 0 Å². The molecule has 1 rings (SSSR count). The molecule has 0 aliphatic carbocycles. The maximum atomic E-state index is 11.0. The average Bonchev–Trinajstić information content (AvgIpc) is 2.20. The van der Waals surface area contributed by atoms with Crippen LogP contribution in [-0.2, 0) is 0 Å². The van der Waals surface area contributed by atoms with Crippen LogP contribution in [0.25, 0.3) is 0 Å². The van der Waals surface area contributed by atoms with Gasteiger partial charge < -0.3 is 5.11 Å². The van der Waals surface area contributed by atoms with E-state index >= 15 is 0 Å². The fourth-order valence-electron chi connectivity index (χ4n) is 1.33. The summed E-state index contributed by atoms with van der Waals surface area (Å²) < 4.78 is 0. The highest BCUT2D eigenvalue weighted by molar-refractivity contribution is 7.99. The summed E-state index contributed by atoms with van der Waals surface area (Å²) in [6.45, 7) is 3.79. The van der Waals surface area contributed by atoms with E-state index in [0.717, 1.165) is 16.2 Å². The summed E-state index contributed by atoms with van der Waals surface area (Å²) in [5.74, 6) is -0.168. The number of carbonyl (C=O) groups is 1. The van der Waals surface area contributed by atoms with Gasteiger partial charge in [0.15, 0.2) is 0 Å². The lowest BCUT2D eigenvalue weighted by Gasteiger charge is -2.08. The Morgan fingerprint density at radius 3 is 2.73 bits per heavy atom. The van der Waals surface area contributed by atoms with Crippen molar-refractivity contribution in [3.05, 3.63) is 28.8 Å². The molecular formula is C11H11NO2S. The third-order valence-corrected chi connectivity index (χ3v) is 3.04. The Bertz CT molecular complexity index is 435.